The fraction of sp³-hybridized carbons (Fsp3) is 0.438. The Morgan fingerprint density at radius 3 is 2.68 bits per heavy atom. The van der Waals surface area contributed by atoms with Gasteiger partial charge in [0, 0.05) is 16.9 Å². The molecule has 1 amide bonds. The molecule has 118 valence electrons. The summed E-state index contributed by atoms with van der Waals surface area (Å²) in [5, 5.41) is 3.40. The van der Waals surface area contributed by atoms with Crippen LogP contribution in [0.4, 0.5) is 0 Å². The molecule has 0 atom stereocenters. The second-order valence-corrected chi connectivity index (χ2v) is 8.77. The summed E-state index contributed by atoms with van der Waals surface area (Å²) in [5.41, 5.74) is 2.10. The molecule has 0 radical (unpaired) electrons. The summed E-state index contributed by atoms with van der Waals surface area (Å²) >= 11 is 0. The van der Waals surface area contributed by atoms with Crippen LogP contribution in [0.5, 0.6) is 0 Å². The van der Waals surface area contributed by atoms with Crippen molar-refractivity contribution in [1.82, 2.24) is 10.3 Å². The zero-order valence-corrected chi connectivity index (χ0v) is 13.5. The van der Waals surface area contributed by atoms with Gasteiger partial charge in [0.15, 0.2) is 9.84 Å². The molecule has 2 N–H and O–H groups in total. The Morgan fingerprint density at radius 1 is 1.32 bits per heavy atom. The highest BCUT2D eigenvalue weighted by molar-refractivity contribution is 7.91. The molecule has 2 aromatic rings. The van der Waals surface area contributed by atoms with Crippen molar-refractivity contribution in [3.05, 3.63) is 35.5 Å². The zero-order valence-electron chi connectivity index (χ0n) is 12.7. The SMILES string of the molecule is CC(C)S(=O)(=O)Cc1ccc2[nH]c(C(=O)NC3CC3)cc2c1. The first kappa shape index (κ1) is 15.1. The van der Waals surface area contributed by atoms with Crippen LogP contribution >= 0.6 is 0 Å². The minimum atomic E-state index is -3.13. The summed E-state index contributed by atoms with van der Waals surface area (Å²) in [6, 6.07) is 7.54. The minimum absolute atomic E-state index is 0.0232. The molecule has 0 saturated heterocycles. The number of hydrogen-bond donors (Lipinski definition) is 2. The predicted molar refractivity (Wildman–Crippen MR) is 86.5 cm³/mol. The quantitative estimate of drug-likeness (QED) is 0.888. The molecule has 1 saturated carbocycles. The summed E-state index contributed by atoms with van der Waals surface area (Å²) in [7, 11) is -3.13. The Labute approximate surface area is 130 Å². The van der Waals surface area contributed by atoms with Crippen LogP contribution < -0.4 is 5.32 Å². The highest BCUT2D eigenvalue weighted by Gasteiger charge is 2.24. The van der Waals surface area contributed by atoms with E-state index in [4.69, 9.17) is 0 Å². The van der Waals surface area contributed by atoms with Gasteiger partial charge >= 0.3 is 0 Å². The van der Waals surface area contributed by atoms with Crippen molar-refractivity contribution < 1.29 is 13.2 Å². The van der Waals surface area contributed by atoms with E-state index in [-0.39, 0.29) is 11.7 Å². The number of benzene rings is 1. The number of aromatic amines is 1. The van der Waals surface area contributed by atoms with Crippen molar-refractivity contribution in [2.24, 2.45) is 0 Å². The normalized spacial score (nSPS) is 15.4. The van der Waals surface area contributed by atoms with Crippen LogP contribution in [0.15, 0.2) is 24.3 Å². The Bertz CT molecular complexity index is 817. The Hall–Kier alpha value is -1.82. The molecule has 1 aromatic carbocycles. The molecular formula is C16H20N2O3S. The van der Waals surface area contributed by atoms with E-state index in [9.17, 15) is 13.2 Å². The molecule has 5 nitrogen and oxygen atoms in total. The van der Waals surface area contributed by atoms with E-state index in [1.807, 2.05) is 12.1 Å². The van der Waals surface area contributed by atoms with E-state index in [1.165, 1.54) is 0 Å². The summed E-state index contributed by atoms with van der Waals surface area (Å²) in [6.07, 6.45) is 2.09. The third kappa shape index (κ3) is 3.16. The molecular weight excluding hydrogens is 300 g/mol. The van der Waals surface area contributed by atoms with Crippen LogP contribution in [0.3, 0.4) is 0 Å². The molecule has 1 heterocycles. The van der Waals surface area contributed by atoms with Crippen LogP contribution in [-0.4, -0.2) is 30.6 Å². The first-order valence-electron chi connectivity index (χ1n) is 7.49. The molecule has 22 heavy (non-hydrogen) atoms. The lowest BCUT2D eigenvalue weighted by Gasteiger charge is -2.07. The lowest BCUT2D eigenvalue weighted by Crippen LogP contribution is -2.25. The van der Waals surface area contributed by atoms with Crippen LogP contribution in [0.25, 0.3) is 10.9 Å². The van der Waals surface area contributed by atoms with E-state index < -0.39 is 15.1 Å². The van der Waals surface area contributed by atoms with Crippen molar-refractivity contribution in [1.29, 1.82) is 0 Å². The van der Waals surface area contributed by atoms with Gasteiger partial charge in [-0.25, -0.2) is 8.42 Å². The van der Waals surface area contributed by atoms with E-state index in [2.05, 4.69) is 10.3 Å². The van der Waals surface area contributed by atoms with Crippen molar-refractivity contribution in [3.8, 4) is 0 Å². The largest absolute Gasteiger partial charge is 0.351 e. The average Bonchev–Trinajstić information content (AvgIpc) is 3.14. The number of H-pyrrole nitrogens is 1. The van der Waals surface area contributed by atoms with E-state index in [0.717, 1.165) is 29.3 Å². The van der Waals surface area contributed by atoms with Gasteiger partial charge < -0.3 is 10.3 Å². The van der Waals surface area contributed by atoms with E-state index in [1.54, 1.807) is 26.0 Å². The molecule has 1 fully saturated rings. The van der Waals surface area contributed by atoms with Gasteiger partial charge in [-0.1, -0.05) is 6.07 Å². The highest BCUT2D eigenvalue weighted by Crippen LogP contribution is 2.22. The minimum Gasteiger partial charge on any atom is -0.351 e. The van der Waals surface area contributed by atoms with Gasteiger partial charge in [0.05, 0.1) is 11.0 Å². The second kappa shape index (κ2) is 5.43. The second-order valence-electron chi connectivity index (χ2n) is 6.21. The molecule has 0 spiro atoms. The Kier molecular flexibility index (Phi) is 3.72. The van der Waals surface area contributed by atoms with Crippen molar-refractivity contribution in [2.45, 2.75) is 43.7 Å². The number of nitrogens with one attached hydrogen (secondary N) is 2. The first-order chi connectivity index (χ1) is 10.3. The molecule has 1 aliphatic carbocycles. The molecule has 1 aromatic heterocycles. The molecule has 0 unspecified atom stereocenters. The van der Waals surface area contributed by atoms with Crippen LogP contribution in [0, 0.1) is 0 Å². The zero-order chi connectivity index (χ0) is 15.9. The fourth-order valence-electron chi connectivity index (χ4n) is 2.28. The van der Waals surface area contributed by atoms with Crippen LogP contribution in [0.2, 0.25) is 0 Å². The maximum absolute atomic E-state index is 12.0. The smallest absolute Gasteiger partial charge is 0.267 e. The first-order valence-corrected chi connectivity index (χ1v) is 9.21. The average molecular weight is 320 g/mol. The number of carbonyl (C=O) groups is 1. The number of fused-ring (bicyclic) bond motifs is 1. The summed E-state index contributed by atoms with van der Waals surface area (Å²) in [5.74, 6) is -0.0786. The molecule has 1 aliphatic rings. The third-order valence-electron chi connectivity index (χ3n) is 3.93. The topological polar surface area (TPSA) is 79.0 Å². The standard InChI is InChI=1S/C16H20N2O3S/c1-10(2)22(20,21)9-11-3-6-14-12(7-11)8-15(18-14)16(19)17-13-4-5-13/h3,6-8,10,13,18H,4-5,9H2,1-2H3,(H,17,19). The van der Waals surface area contributed by atoms with Crippen molar-refractivity contribution >= 4 is 26.6 Å². The van der Waals surface area contributed by atoms with Gasteiger partial charge in [0.25, 0.3) is 5.91 Å². The maximum Gasteiger partial charge on any atom is 0.267 e. The Balaban J connectivity index is 1.85. The summed E-state index contributed by atoms with van der Waals surface area (Å²) in [6.45, 7) is 3.37. The molecule has 3 rings (SSSR count). The van der Waals surface area contributed by atoms with E-state index >= 15 is 0 Å². The summed E-state index contributed by atoms with van der Waals surface area (Å²) < 4.78 is 24.0. The van der Waals surface area contributed by atoms with Gasteiger partial charge in [-0.05, 0) is 50.5 Å². The lowest BCUT2D eigenvalue weighted by molar-refractivity contribution is 0.0947. The number of aromatic nitrogens is 1. The fourth-order valence-corrected chi connectivity index (χ4v) is 3.26. The van der Waals surface area contributed by atoms with Crippen molar-refractivity contribution in [2.75, 3.05) is 0 Å². The Morgan fingerprint density at radius 2 is 2.05 bits per heavy atom. The van der Waals surface area contributed by atoms with E-state index in [0.29, 0.717) is 11.7 Å². The number of hydrogen-bond acceptors (Lipinski definition) is 3. The van der Waals surface area contributed by atoms with Gasteiger partial charge in [-0.2, -0.15) is 0 Å². The van der Waals surface area contributed by atoms with Gasteiger partial charge in [-0.15, -0.1) is 0 Å². The predicted octanol–water partition coefficient (Wildman–Crippen LogP) is 2.38. The third-order valence-corrected chi connectivity index (χ3v) is 6.10. The van der Waals surface area contributed by atoms with Crippen LogP contribution in [-0.2, 0) is 15.6 Å². The van der Waals surface area contributed by atoms with Crippen LogP contribution in [0.1, 0.15) is 42.7 Å². The molecule has 0 aliphatic heterocycles. The van der Waals surface area contributed by atoms with Gasteiger partial charge in [-0.3, -0.25) is 4.79 Å². The maximum atomic E-state index is 12.0. The number of amides is 1. The molecule has 6 heteroatoms. The summed E-state index contributed by atoms with van der Waals surface area (Å²) in [4.78, 5) is 15.1. The number of sulfone groups is 1. The molecule has 0 bridgehead atoms. The van der Waals surface area contributed by atoms with Gasteiger partial charge in [0.1, 0.15) is 5.69 Å². The monoisotopic (exact) mass is 320 g/mol. The number of rotatable bonds is 5. The van der Waals surface area contributed by atoms with Gasteiger partial charge in [0.2, 0.25) is 0 Å². The number of carbonyl (C=O) groups excluding carboxylic acids is 1. The lowest BCUT2D eigenvalue weighted by atomic mass is 10.2. The highest BCUT2D eigenvalue weighted by atomic mass is 32.2. The van der Waals surface area contributed by atoms with Crippen molar-refractivity contribution in [3.63, 3.8) is 0 Å².